The molecule has 11 heteroatoms. The van der Waals surface area contributed by atoms with Crippen molar-refractivity contribution in [2.24, 2.45) is 0 Å². The molecule has 5 rings (SSSR count). The number of hydrogen-bond donors (Lipinski definition) is 3. The van der Waals surface area contributed by atoms with Crippen LogP contribution < -0.4 is 10.6 Å². The van der Waals surface area contributed by atoms with E-state index in [1.165, 1.54) is 26.4 Å². The van der Waals surface area contributed by atoms with E-state index in [1.54, 1.807) is 48.5 Å². The Balaban J connectivity index is 1.49. The van der Waals surface area contributed by atoms with E-state index in [4.69, 9.17) is 11.6 Å². The van der Waals surface area contributed by atoms with Crippen LogP contribution in [0.5, 0.6) is 0 Å². The maximum Gasteiger partial charge on any atom is 0.307 e. The van der Waals surface area contributed by atoms with E-state index < -0.39 is 22.0 Å². The lowest BCUT2D eigenvalue weighted by atomic mass is 10.1. The predicted molar refractivity (Wildman–Crippen MR) is 162 cm³/mol. The van der Waals surface area contributed by atoms with Gasteiger partial charge in [-0.1, -0.05) is 60.1 Å². The molecular weight excluding hydrogens is 562 g/mol. The second-order valence-electron chi connectivity index (χ2n) is 9.54. The maximum absolute atomic E-state index is 13.5. The van der Waals surface area contributed by atoms with Gasteiger partial charge >= 0.3 is 10.2 Å². The van der Waals surface area contributed by atoms with Crippen molar-refractivity contribution in [3.05, 3.63) is 113 Å². The largest absolute Gasteiger partial charge is 0.361 e. The summed E-state index contributed by atoms with van der Waals surface area (Å²) in [5.41, 5.74) is 3.06. The van der Waals surface area contributed by atoms with Crippen LogP contribution in [0.4, 0.5) is 0 Å². The summed E-state index contributed by atoms with van der Waals surface area (Å²) >= 11 is 6.23. The Hall–Kier alpha value is -4.38. The number of fused-ring (bicyclic) bond motifs is 2. The van der Waals surface area contributed by atoms with E-state index in [2.05, 4.69) is 15.6 Å². The van der Waals surface area contributed by atoms with Crippen LogP contribution in [0.2, 0.25) is 5.02 Å². The van der Waals surface area contributed by atoms with Gasteiger partial charge in [-0.05, 0) is 42.3 Å². The van der Waals surface area contributed by atoms with Gasteiger partial charge in [0.1, 0.15) is 5.70 Å². The number of aromatic nitrogens is 2. The summed E-state index contributed by atoms with van der Waals surface area (Å²) < 4.78 is 28.3. The number of carbonyl (C=O) groups is 2. The number of benzene rings is 3. The molecule has 0 saturated heterocycles. The van der Waals surface area contributed by atoms with Gasteiger partial charge in [-0.15, -0.1) is 0 Å². The highest BCUT2D eigenvalue weighted by molar-refractivity contribution is 7.87. The normalized spacial score (nSPS) is 12.2. The SMILES string of the molecule is CN(C)S(=O)(=O)n1cc(/C=C(\NC(=O)c2ccccc2Cl)C(=O)NCCc2c[nH]c3ccccc23)c2ccccc21. The predicted octanol–water partition coefficient (Wildman–Crippen LogP) is 4.56. The van der Waals surface area contributed by atoms with Crippen molar-refractivity contribution in [3.8, 4) is 0 Å². The van der Waals surface area contributed by atoms with E-state index in [0.29, 0.717) is 29.4 Å². The Morgan fingerprint density at radius 1 is 0.976 bits per heavy atom. The summed E-state index contributed by atoms with van der Waals surface area (Å²) in [5.74, 6) is -1.10. The molecule has 41 heavy (non-hydrogen) atoms. The fraction of sp³-hybridized carbons (Fsp3) is 0.133. The highest BCUT2D eigenvalue weighted by atomic mass is 35.5. The lowest BCUT2D eigenvalue weighted by Gasteiger charge is -2.13. The molecule has 0 aliphatic heterocycles. The Labute approximate surface area is 242 Å². The highest BCUT2D eigenvalue weighted by Crippen LogP contribution is 2.26. The molecule has 0 saturated carbocycles. The topological polar surface area (TPSA) is 116 Å². The first-order chi connectivity index (χ1) is 19.7. The average Bonchev–Trinajstić information content (AvgIpc) is 3.55. The summed E-state index contributed by atoms with van der Waals surface area (Å²) in [6, 6.07) is 21.3. The van der Waals surface area contributed by atoms with Crippen LogP contribution in [-0.2, 0) is 21.4 Å². The Morgan fingerprint density at radius 3 is 2.41 bits per heavy atom. The number of aromatic amines is 1. The van der Waals surface area contributed by atoms with Gasteiger partial charge in [0.2, 0.25) is 0 Å². The zero-order chi connectivity index (χ0) is 29.1. The number of carbonyl (C=O) groups excluding carboxylic acids is 2. The van der Waals surface area contributed by atoms with Crippen LogP contribution in [0.1, 0.15) is 21.5 Å². The summed E-state index contributed by atoms with van der Waals surface area (Å²) in [6.45, 7) is 0.302. The van der Waals surface area contributed by atoms with E-state index in [1.807, 2.05) is 30.5 Å². The Bertz CT molecular complexity index is 1910. The van der Waals surface area contributed by atoms with E-state index in [9.17, 15) is 18.0 Å². The van der Waals surface area contributed by atoms with Crippen molar-refractivity contribution in [3.63, 3.8) is 0 Å². The van der Waals surface area contributed by atoms with Crippen molar-refractivity contribution < 1.29 is 18.0 Å². The number of para-hydroxylation sites is 2. The molecule has 0 spiro atoms. The lowest BCUT2D eigenvalue weighted by molar-refractivity contribution is -0.117. The summed E-state index contributed by atoms with van der Waals surface area (Å²) in [7, 11) is -0.974. The number of rotatable bonds is 9. The molecule has 0 aliphatic rings. The molecule has 2 heterocycles. The third-order valence-corrected chi connectivity index (χ3v) is 8.74. The molecule has 0 aliphatic carbocycles. The molecule has 3 aromatic carbocycles. The first-order valence-electron chi connectivity index (χ1n) is 12.8. The number of H-pyrrole nitrogens is 1. The van der Waals surface area contributed by atoms with E-state index in [0.717, 1.165) is 24.7 Å². The van der Waals surface area contributed by atoms with E-state index in [-0.39, 0.29) is 16.3 Å². The van der Waals surface area contributed by atoms with Gasteiger partial charge in [0.15, 0.2) is 0 Å². The minimum Gasteiger partial charge on any atom is -0.361 e. The third-order valence-electron chi connectivity index (χ3n) is 6.68. The molecule has 3 N–H and O–H groups in total. The van der Waals surface area contributed by atoms with Gasteiger partial charge in [-0.25, -0.2) is 3.97 Å². The minimum absolute atomic E-state index is 0.0565. The fourth-order valence-corrected chi connectivity index (χ4v) is 5.78. The van der Waals surface area contributed by atoms with Crippen LogP contribution in [0, 0.1) is 0 Å². The van der Waals surface area contributed by atoms with Crippen LogP contribution in [0.15, 0.2) is 90.9 Å². The minimum atomic E-state index is -3.86. The number of nitrogens with zero attached hydrogens (tertiary/aromatic N) is 2. The van der Waals surface area contributed by atoms with E-state index >= 15 is 0 Å². The summed E-state index contributed by atoms with van der Waals surface area (Å²) in [5, 5.41) is 7.45. The van der Waals surface area contributed by atoms with Crippen molar-refractivity contribution in [1.82, 2.24) is 23.9 Å². The molecular formula is C30H28ClN5O4S. The zero-order valence-electron chi connectivity index (χ0n) is 22.4. The van der Waals surface area contributed by atoms with Crippen molar-refractivity contribution in [2.45, 2.75) is 6.42 Å². The second-order valence-corrected chi connectivity index (χ2v) is 12.0. The van der Waals surface area contributed by atoms with Gasteiger partial charge in [-0.3, -0.25) is 9.59 Å². The second kappa shape index (κ2) is 11.6. The molecule has 0 bridgehead atoms. The first kappa shape index (κ1) is 28.2. The Kier molecular flexibility index (Phi) is 7.98. The van der Waals surface area contributed by atoms with Crippen molar-refractivity contribution >= 4 is 61.5 Å². The number of amides is 2. The average molecular weight is 590 g/mol. The zero-order valence-corrected chi connectivity index (χ0v) is 24.0. The number of hydrogen-bond acceptors (Lipinski definition) is 4. The van der Waals surface area contributed by atoms with Gasteiger partial charge in [0.25, 0.3) is 11.8 Å². The Morgan fingerprint density at radius 2 is 1.66 bits per heavy atom. The monoisotopic (exact) mass is 589 g/mol. The molecule has 0 atom stereocenters. The molecule has 0 fully saturated rings. The lowest BCUT2D eigenvalue weighted by Crippen LogP contribution is -2.35. The quantitative estimate of drug-likeness (QED) is 0.219. The molecule has 5 aromatic rings. The highest BCUT2D eigenvalue weighted by Gasteiger charge is 2.22. The molecule has 0 unspecified atom stereocenters. The maximum atomic E-state index is 13.5. The molecule has 0 radical (unpaired) electrons. The smallest absolute Gasteiger partial charge is 0.307 e. The summed E-state index contributed by atoms with van der Waals surface area (Å²) in [6.07, 6.45) is 5.37. The molecule has 210 valence electrons. The van der Waals surface area contributed by atoms with Gasteiger partial charge in [-0.2, -0.15) is 12.7 Å². The molecule has 2 amide bonds. The van der Waals surface area contributed by atoms with Gasteiger partial charge in [0.05, 0.1) is 16.1 Å². The van der Waals surface area contributed by atoms with Crippen molar-refractivity contribution in [2.75, 3.05) is 20.6 Å². The summed E-state index contributed by atoms with van der Waals surface area (Å²) in [4.78, 5) is 29.9. The standard InChI is InChI=1S/C30H28ClN5O4S/c1-35(2)41(39,40)36-19-21(23-10-5-8-14-28(23)36)17-27(34-29(37)24-11-3-6-12-25(24)31)30(38)32-16-15-20-18-33-26-13-7-4-9-22(20)26/h3-14,17-19,33H,15-16H2,1-2H3,(H,32,38)(H,34,37)/b27-17-. The number of halogens is 1. The van der Waals surface area contributed by atoms with Gasteiger partial charge < -0.3 is 15.6 Å². The molecule has 9 nitrogen and oxygen atoms in total. The third kappa shape index (κ3) is 5.76. The number of nitrogens with one attached hydrogen (secondary N) is 3. The van der Waals surface area contributed by atoms with Crippen molar-refractivity contribution in [1.29, 1.82) is 0 Å². The fourth-order valence-electron chi connectivity index (χ4n) is 4.55. The van der Waals surface area contributed by atoms with Crippen LogP contribution in [0.25, 0.3) is 27.9 Å². The van der Waals surface area contributed by atoms with Crippen LogP contribution >= 0.6 is 11.6 Å². The first-order valence-corrected chi connectivity index (χ1v) is 14.6. The van der Waals surface area contributed by atoms with Crippen LogP contribution in [0.3, 0.4) is 0 Å². The van der Waals surface area contributed by atoms with Gasteiger partial charge in [0, 0.05) is 54.9 Å². The van der Waals surface area contributed by atoms with Crippen LogP contribution in [-0.4, -0.2) is 54.1 Å². The molecule has 2 aromatic heterocycles.